The lowest BCUT2D eigenvalue weighted by Gasteiger charge is -2.32. The van der Waals surface area contributed by atoms with Gasteiger partial charge in [-0.2, -0.15) is 10.3 Å². The highest BCUT2D eigenvalue weighted by molar-refractivity contribution is 7.27. The molecule has 0 radical (unpaired) electrons. The van der Waals surface area contributed by atoms with Crippen molar-refractivity contribution < 1.29 is 23.4 Å². The minimum atomic E-state index is -0.595. The van der Waals surface area contributed by atoms with Gasteiger partial charge in [-0.3, -0.25) is 4.90 Å². The van der Waals surface area contributed by atoms with Crippen molar-refractivity contribution in [2.75, 3.05) is 20.2 Å². The number of rotatable bonds is 10. The first-order valence-electron chi connectivity index (χ1n) is 15.9. The summed E-state index contributed by atoms with van der Waals surface area (Å²) in [5.74, 6) is 0.960. The van der Waals surface area contributed by atoms with Gasteiger partial charge in [-0.1, -0.05) is 23.8 Å². The molecule has 3 heterocycles. The van der Waals surface area contributed by atoms with E-state index in [-0.39, 0.29) is 22.6 Å². The van der Waals surface area contributed by atoms with Crippen molar-refractivity contribution in [2.24, 2.45) is 10.4 Å². The summed E-state index contributed by atoms with van der Waals surface area (Å²) in [5, 5.41) is 10.6. The normalized spacial score (nSPS) is 18.3. The fourth-order valence-electron chi connectivity index (χ4n) is 6.31. The number of fused-ring (bicyclic) bond motifs is 1. The molecule has 1 aromatic heterocycles. The first-order valence-corrected chi connectivity index (χ1v) is 16.5. The molecule has 1 unspecified atom stereocenters. The fraction of sp³-hybridized carbons (Fsp3) is 0.471. The number of hydrogen-bond acceptors (Lipinski definition) is 8. The molecule has 0 spiro atoms. The van der Waals surface area contributed by atoms with E-state index in [1.54, 1.807) is 6.07 Å². The van der Waals surface area contributed by atoms with Gasteiger partial charge in [0.1, 0.15) is 31.9 Å². The summed E-state index contributed by atoms with van der Waals surface area (Å²) in [7, 11) is 6.12. The molecular formula is C34H40BFN5O4P. The molecule has 240 valence electrons. The Morgan fingerprint density at radius 1 is 1.22 bits per heavy atom. The molecule has 3 aliphatic rings. The molecule has 2 fully saturated rings. The number of aryl methyl sites for hydroxylation is 1. The number of piperidine rings is 1. The van der Waals surface area contributed by atoms with E-state index in [1.807, 2.05) is 4.57 Å². The van der Waals surface area contributed by atoms with Crippen molar-refractivity contribution in [3.63, 3.8) is 0 Å². The summed E-state index contributed by atoms with van der Waals surface area (Å²) < 4.78 is 34.6. The van der Waals surface area contributed by atoms with Crippen molar-refractivity contribution in [3.05, 3.63) is 70.0 Å². The minimum Gasteiger partial charge on any atom is -0.477 e. The molecule has 9 nitrogen and oxygen atoms in total. The number of imidazole rings is 1. The Morgan fingerprint density at radius 3 is 2.70 bits per heavy atom. The first-order chi connectivity index (χ1) is 22.2. The monoisotopic (exact) mass is 643 g/mol. The van der Waals surface area contributed by atoms with E-state index in [0.717, 1.165) is 79.7 Å². The molecule has 0 amide bonds. The van der Waals surface area contributed by atoms with Crippen LogP contribution in [0, 0.1) is 29.5 Å². The second-order valence-corrected chi connectivity index (χ2v) is 13.6. The Labute approximate surface area is 272 Å². The Kier molecular flexibility index (Phi) is 9.49. The molecule has 1 aliphatic carbocycles. The number of methoxy groups -OCH3 is 1. The number of hydrogen-bond donors (Lipinski definition) is 0. The van der Waals surface area contributed by atoms with Crippen LogP contribution in [0.3, 0.4) is 0 Å². The van der Waals surface area contributed by atoms with E-state index in [2.05, 4.69) is 53.2 Å². The quantitative estimate of drug-likeness (QED) is 0.180. The Morgan fingerprint density at radius 2 is 2.00 bits per heavy atom. The molecule has 0 bridgehead atoms. The smallest absolute Gasteiger partial charge is 0.338 e. The summed E-state index contributed by atoms with van der Waals surface area (Å²) in [6.07, 6.45) is 5.64. The molecular weight excluding hydrogens is 603 g/mol. The van der Waals surface area contributed by atoms with E-state index in [1.165, 1.54) is 18.7 Å². The molecule has 2 aromatic carbocycles. The molecule has 1 saturated carbocycles. The van der Waals surface area contributed by atoms with Crippen LogP contribution < -0.4 is 5.30 Å². The molecule has 12 heteroatoms. The Balaban J connectivity index is 1.11. The van der Waals surface area contributed by atoms with Crippen LogP contribution in [0.4, 0.5) is 4.39 Å². The van der Waals surface area contributed by atoms with E-state index in [0.29, 0.717) is 37.5 Å². The van der Waals surface area contributed by atoms with Crippen LogP contribution in [-0.4, -0.2) is 60.5 Å². The van der Waals surface area contributed by atoms with Crippen LogP contribution in [0.2, 0.25) is 0 Å². The van der Waals surface area contributed by atoms with Gasteiger partial charge < -0.3 is 18.8 Å². The maximum atomic E-state index is 15.2. The lowest BCUT2D eigenvalue weighted by Crippen LogP contribution is -2.38. The van der Waals surface area contributed by atoms with E-state index >= 15 is 4.39 Å². The number of esters is 1. The van der Waals surface area contributed by atoms with Crippen molar-refractivity contribution in [1.82, 2.24) is 14.5 Å². The number of aliphatic imine (C=N–C) groups is 1. The minimum absolute atomic E-state index is 0.0506. The van der Waals surface area contributed by atoms with Crippen molar-refractivity contribution in [1.29, 1.82) is 5.26 Å². The van der Waals surface area contributed by atoms with Gasteiger partial charge in [0.15, 0.2) is 11.7 Å². The lowest BCUT2D eigenvalue weighted by molar-refractivity contribution is 0.0600. The first kappa shape index (κ1) is 32.2. The van der Waals surface area contributed by atoms with Crippen LogP contribution >= 0.6 is 9.24 Å². The molecule has 1 atom stereocenters. The second kappa shape index (κ2) is 13.6. The third kappa shape index (κ3) is 7.14. The van der Waals surface area contributed by atoms with Crippen LogP contribution in [0.5, 0.6) is 0 Å². The number of carbonyl (C=O) groups excluding carboxylic acids is 1. The highest BCUT2D eigenvalue weighted by Crippen LogP contribution is 2.50. The van der Waals surface area contributed by atoms with Gasteiger partial charge in [0.05, 0.1) is 30.8 Å². The van der Waals surface area contributed by atoms with Gasteiger partial charge in [-0.15, -0.1) is 9.24 Å². The zero-order valence-corrected chi connectivity index (χ0v) is 27.9. The van der Waals surface area contributed by atoms with Crippen LogP contribution in [0.25, 0.3) is 11.0 Å². The number of likely N-dealkylation sites (tertiary alicyclic amines) is 1. The summed E-state index contributed by atoms with van der Waals surface area (Å²) in [6.45, 7) is 5.22. The molecule has 2 aliphatic heterocycles. The van der Waals surface area contributed by atoms with E-state index in [9.17, 15) is 10.1 Å². The number of nitriles is 1. The standard InChI is InChI=1S/C34H40BFN5O4P/c1-21-3-4-22(28(46)15-21)19-44-32-25(35)5-6-30(39-32)45-24-7-13-40(14-8-24)18-29-38-31-26(36)16-23(33(42)43-2)17-27(31)41(29)20-34(9-10-34)11-12-37/h3-4,15-17,24H,5-11,13-14,18-20,35,46H2,1-2H3. The zero-order chi connectivity index (χ0) is 32.4. The molecule has 0 N–H and O–H groups in total. The average Bonchev–Trinajstić information content (AvgIpc) is 3.72. The number of aromatic nitrogens is 2. The number of halogens is 1. The molecule has 3 aromatic rings. The SMILES string of the molecule is BC1=C(OCc2ccc(C)cc2P)N=C(OC2CCN(Cc3nc4c(F)cc(C(=O)OC)cc4n3CC3(CC#N)CC3)CC2)CC1. The molecule has 1 saturated heterocycles. The summed E-state index contributed by atoms with van der Waals surface area (Å²) in [4.78, 5) is 24.1. The largest absolute Gasteiger partial charge is 0.477 e. The van der Waals surface area contributed by atoms with E-state index < -0.39 is 11.8 Å². The summed E-state index contributed by atoms with van der Waals surface area (Å²) >= 11 is 0. The predicted molar refractivity (Wildman–Crippen MR) is 180 cm³/mol. The maximum absolute atomic E-state index is 15.2. The van der Waals surface area contributed by atoms with Crippen LogP contribution in [0.15, 0.2) is 46.7 Å². The van der Waals surface area contributed by atoms with Gasteiger partial charge >= 0.3 is 5.97 Å². The van der Waals surface area contributed by atoms with E-state index in [4.69, 9.17) is 24.2 Å². The molecule has 6 rings (SSSR count). The highest BCUT2D eigenvalue weighted by Gasteiger charge is 2.43. The average molecular weight is 644 g/mol. The number of allylic oxidation sites excluding steroid dienone is 1. The topological polar surface area (TPSA) is 102 Å². The predicted octanol–water partition coefficient (Wildman–Crippen LogP) is 4.66. The van der Waals surface area contributed by atoms with Crippen molar-refractivity contribution in [2.45, 2.75) is 77.7 Å². The number of benzene rings is 2. The maximum Gasteiger partial charge on any atom is 0.338 e. The number of ether oxygens (including phenoxy) is 3. The van der Waals surface area contributed by atoms with Gasteiger partial charge in [0, 0.05) is 37.9 Å². The van der Waals surface area contributed by atoms with Crippen molar-refractivity contribution in [3.8, 4) is 6.07 Å². The Hall–Kier alpha value is -3.74. The third-order valence-electron chi connectivity index (χ3n) is 9.39. The van der Waals surface area contributed by atoms with Gasteiger partial charge in [-0.05, 0) is 67.5 Å². The second-order valence-electron chi connectivity index (χ2n) is 12.9. The van der Waals surface area contributed by atoms with Crippen LogP contribution in [0.1, 0.15) is 72.3 Å². The summed E-state index contributed by atoms with van der Waals surface area (Å²) in [6, 6.07) is 11.5. The fourth-order valence-corrected chi connectivity index (χ4v) is 6.75. The van der Waals surface area contributed by atoms with Gasteiger partial charge in [-0.25, -0.2) is 14.2 Å². The third-order valence-corrected chi connectivity index (χ3v) is 9.92. The Bertz CT molecular complexity index is 1750. The zero-order valence-electron chi connectivity index (χ0n) is 26.8. The molecule has 46 heavy (non-hydrogen) atoms. The highest BCUT2D eigenvalue weighted by atomic mass is 31.0. The lowest BCUT2D eigenvalue weighted by atomic mass is 9.90. The van der Waals surface area contributed by atoms with Crippen LogP contribution in [-0.2, 0) is 33.9 Å². The number of nitrogens with zero attached hydrogens (tertiary/aromatic N) is 5. The van der Waals surface area contributed by atoms with Gasteiger partial charge in [0.25, 0.3) is 0 Å². The summed E-state index contributed by atoms with van der Waals surface area (Å²) in [5.41, 5.74) is 4.27. The number of carbonyl (C=O) groups is 1. The van der Waals surface area contributed by atoms with Gasteiger partial charge in [0.2, 0.25) is 5.88 Å². The van der Waals surface area contributed by atoms with Crippen molar-refractivity contribution >= 4 is 45.3 Å².